The van der Waals surface area contributed by atoms with Gasteiger partial charge in [0.25, 0.3) is 0 Å². The average molecular weight is 166 g/mol. The molecule has 0 rings (SSSR count). The minimum Gasteiger partial charge on any atom is -0.412 e. The minimum atomic E-state index is -4.44. The maximum absolute atomic E-state index is 10.0. The first-order chi connectivity index (χ1) is 4.34. The van der Waals surface area contributed by atoms with E-state index in [9.17, 15) is 13.2 Å². The molecule has 0 aliphatic carbocycles. The fourth-order valence-corrected chi connectivity index (χ4v) is 0.436. The molecule has 0 heterocycles. The van der Waals surface area contributed by atoms with Crippen molar-refractivity contribution >= 4 is 16.1 Å². The van der Waals surface area contributed by atoms with Gasteiger partial charge in [-0.2, -0.15) is 8.42 Å². The van der Waals surface area contributed by atoms with E-state index < -0.39 is 21.2 Å². The van der Waals surface area contributed by atoms with Crippen molar-refractivity contribution in [3.05, 3.63) is 11.7 Å². The van der Waals surface area contributed by atoms with Gasteiger partial charge in [0.05, 0.1) is 0 Å². The standard InChI is InChI=1S/C4H6O5S/c1-3(5)9-4(2)10(6,7)8/h2H2,1H3,(H,6,7,8). The number of ether oxygens (including phenoxy) is 1. The van der Waals surface area contributed by atoms with E-state index in [1.54, 1.807) is 0 Å². The molecule has 10 heavy (non-hydrogen) atoms. The van der Waals surface area contributed by atoms with Gasteiger partial charge in [0.1, 0.15) is 0 Å². The van der Waals surface area contributed by atoms with Crippen molar-refractivity contribution in [1.29, 1.82) is 0 Å². The SMILES string of the molecule is C=C(OC(C)=O)S(=O)(=O)O. The molecular formula is C4H6O5S. The fourth-order valence-electron chi connectivity index (χ4n) is 0.213. The Morgan fingerprint density at radius 2 is 2.00 bits per heavy atom. The molecule has 0 atom stereocenters. The highest BCUT2D eigenvalue weighted by atomic mass is 32.2. The molecule has 0 bridgehead atoms. The van der Waals surface area contributed by atoms with E-state index in [4.69, 9.17) is 4.55 Å². The number of carbonyl (C=O) groups is 1. The molecule has 0 aromatic carbocycles. The first-order valence-corrected chi connectivity index (χ1v) is 3.63. The van der Waals surface area contributed by atoms with Gasteiger partial charge in [-0.15, -0.1) is 0 Å². The molecule has 0 amide bonds. The molecule has 0 saturated heterocycles. The van der Waals surface area contributed by atoms with E-state index in [2.05, 4.69) is 11.3 Å². The fraction of sp³-hybridized carbons (Fsp3) is 0.250. The molecule has 0 aromatic heterocycles. The van der Waals surface area contributed by atoms with Crippen molar-refractivity contribution < 1.29 is 22.5 Å². The second-order valence-corrected chi connectivity index (χ2v) is 2.85. The number of rotatable bonds is 2. The van der Waals surface area contributed by atoms with Crippen LogP contribution in [0.4, 0.5) is 0 Å². The Balaban J connectivity index is 4.28. The Morgan fingerprint density at radius 1 is 1.60 bits per heavy atom. The molecule has 0 saturated carbocycles. The number of esters is 1. The average Bonchev–Trinajstić information content (AvgIpc) is 1.60. The summed E-state index contributed by atoms with van der Waals surface area (Å²) in [5, 5.41) is -0.958. The van der Waals surface area contributed by atoms with Crippen molar-refractivity contribution in [1.82, 2.24) is 0 Å². The quantitative estimate of drug-likeness (QED) is 0.352. The number of hydrogen-bond donors (Lipinski definition) is 1. The molecule has 0 unspecified atom stereocenters. The van der Waals surface area contributed by atoms with Gasteiger partial charge in [0.15, 0.2) is 0 Å². The number of hydrogen-bond acceptors (Lipinski definition) is 4. The van der Waals surface area contributed by atoms with Gasteiger partial charge in [0, 0.05) is 6.92 Å². The molecule has 0 spiro atoms. The molecule has 0 aliphatic heterocycles. The lowest BCUT2D eigenvalue weighted by Crippen LogP contribution is -2.07. The third kappa shape index (κ3) is 3.21. The van der Waals surface area contributed by atoms with Crippen LogP contribution in [0.1, 0.15) is 6.92 Å². The first-order valence-electron chi connectivity index (χ1n) is 2.19. The summed E-state index contributed by atoms with van der Waals surface area (Å²) in [5.41, 5.74) is 0. The topological polar surface area (TPSA) is 80.7 Å². The van der Waals surface area contributed by atoms with Crippen LogP contribution in [0.5, 0.6) is 0 Å². The Labute approximate surface area is 58.0 Å². The van der Waals surface area contributed by atoms with Crippen molar-refractivity contribution in [3.63, 3.8) is 0 Å². The van der Waals surface area contributed by atoms with Gasteiger partial charge in [-0.25, -0.2) is 0 Å². The van der Waals surface area contributed by atoms with E-state index in [1.807, 2.05) is 0 Å². The first kappa shape index (κ1) is 9.12. The van der Waals surface area contributed by atoms with E-state index in [-0.39, 0.29) is 0 Å². The maximum Gasteiger partial charge on any atom is 0.327 e. The Kier molecular flexibility index (Phi) is 2.56. The number of carbonyl (C=O) groups excluding carboxylic acids is 1. The monoisotopic (exact) mass is 166 g/mol. The van der Waals surface area contributed by atoms with Crippen LogP contribution >= 0.6 is 0 Å². The Hall–Kier alpha value is -0.880. The van der Waals surface area contributed by atoms with Gasteiger partial charge in [-0.3, -0.25) is 9.35 Å². The molecular weight excluding hydrogens is 160 g/mol. The molecule has 58 valence electrons. The van der Waals surface area contributed by atoms with Crippen LogP contribution in [0, 0.1) is 0 Å². The van der Waals surface area contributed by atoms with Crippen molar-refractivity contribution in [2.24, 2.45) is 0 Å². The third-order valence-electron chi connectivity index (χ3n) is 0.545. The summed E-state index contributed by atoms with van der Waals surface area (Å²) in [6, 6.07) is 0. The zero-order valence-electron chi connectivity index (χ0n) is 5.20. The Morgan fingerprint density at radius 3 is 2.10 bits per heavy atom. The predicted octanol–water partition coefficient (Wildman–Crippen LogP) is -0.0915. The van der Waals surface area contributed by atoms with Crippen LogP contribution in [-0.2, 0) is 19.6 Å². The zero-order chi connectivity index (χ0) is 8.36. The van der Waals surface area contributed by atoms with Crippen molar-refractivity contribution in [2.75, 3.05) is 0 Å². The summed E-state index contributed by atoms with van der Waals surface area (Å²) in [5.74, 6) is -0.845. The summed E-state index contributed by atoms with van der Waals surface area (Å²) in [7, 11) is -4.44. The molecule has 0 aromatic rings. The molecule has 5 nitrogen and oxygen atoms in total. The van der Waals surface area contributed by atoms with Crippen LogP contribution in [0.25, 0.3) is 0 Å². The van der Waals surface area contributed by atoms with Gasteiger partial charge in [-0.05, 0) is 6.58 Å². The lowest BCUT2D eigenvalue weighted by atomic mass is 10.8. The highest BCUT2D eigenvalue weighted by Gasteiger charge is 2.13. The largest absolute Gasteiger partial charge is 0.412 e. The van der Waals surface area contributed by atoms with E-state index in [1.165, 1.54) is 0 Å². The zero-order valence-corrected chi connectivity index (χ0v) is 6.01. The summed E-state index contributed by atoms with van der Waals surface area (Å²) in [6.45, 7) is 3.78. The summed E-state index contributed by atoms with van der Waals surface area (Å²) in [4.78, 5) is 10.0. The molecule has 0 aliphatic rings. The lowest BCUT2D eigenvalue weighted by molar-refractivity contribution is -0.136. The van der Waals surface area contributed by atoms with Crippen LogP contribution in [-0.4, -0.2) is 18.9 Å². The van der Waals surface area contributed by atoms with Crippen molar-refractivity contribution in [2.45, 2.75) is 6.92 Å². The second-order valence-electron chi connectivity index (χ2n) is 1.44. The third-order valence-corrected chi connectivity index (χ3v) is 1.20. The molecule has 6 heteroatoms. The highest BCUT2D eigenvalue weighted by molar-refractivity contribution is 7.89. The molecule has 0 fully saturated rings. The van der Waals surface area contributed by atoms with E-state index in [0.717, 1.165) is 6.92 Å². The van der Waals surface area contributed by atoms with Crippen LogP contribution in [0.2, 0.25) is 0 Å². The van der Waals surface area contributed by atoms with Gasteiger partial charge < -0.3 is 4.74 Å². The van der Waals surface area contributed by atoms with Gasteiger partial charge in [-0.1, -0.05) is 0 Å². The smallest absolute Gasteiger partial charge is 0.327 e. The van der Waals surface area contributed by atoms with Gasteiger partial charge in [0.2, 0.25) is 5.09 Å². The maximum atomic E-state index is 10.0. The van der Waals surface area contributed by atoms with E-state index in [0.29, 0.717) is 0 Å². The van der Waals surface area contributed by atoms with Crippen LogP contribution < -0.4 is 0 Å². The second kappa shape index (κ2) is 2.80. The summed E-state index contributed by atoms with van der Waals surface area (Å²) in [6.07, 6.45) is 0. The molecule has 1 N–H and O–H groups in total. The lowest BCUT2D eigenvalue weighted by Gasteiger charge is -1.98. The Bertz CT molecular complexity index is 249. The summed E-state index contributed by atoms with van der Waals surface area (Å²) >= 11 is 0. The predicted molar refractivity (Wildman–Crippen MR) is 32.5 cm³/mol. The minimum absolute atomic E-state index is 0.845. The molecule has 0 radical (unpaired) electrons. The normalized spacial score (nSPS) is 10.6. The summed E-state index contributed by atoms with van der Waals surface area (Å²) < 4.78 is 32.2. The van der Waals surface area contributed by atoms with E-state index >= 15 is 0 Å². The van der Waals surface area contributed by atoms with Crippen LogP contribution in [0.15, 0.2) is 11.7 Å². The van der Waals surface area contributed by atoms with Crippen molar-refractivity contribution in [3.8, 4) is 0 Å². The van der Waals surface area contributed by atoms with Gasteiger partial charge >= 0.3 is 16.1 Å². The van der Waals surface area contributed by atoms with Crippen LogP contribution in [0.3, 0.4) is 0 Å². The highest BCUT2D eigenvalue weighted by Crippen LogP contribution is 2.01.